The third-order valence-corrected chi connectivity index (χ3v) is 7.42. The maximum absolute atomic E-state index is 12.9. The number of pyridine rings is 1. The minimum absolute atomic E-state index is 0.0741. The molecule has 2 heterocycles. The van der Waals surface area contributed by atoms with E-state index >= 15 is 0 Å². The van der Waals surface area contributed by atoms with Crippen molar-refractivity contribution in [2.24, 2.45) is 5.92 Å². The molecule has 1 atom stereocenters. The number of halogens is 1. The molecule has 1 aliphatic heterocycles. The number of amides is 1. The number of hydrogen-bond donors (Lipinski definition) is 0. The highest BCUT2D eigenvalue weighted by atomic mass is 35.5. The lowest BCUT2D eigenvalue weighted by molar-refractivity contribution is -0.136. The molecule has 2 fully saturated rings. The zero-order valence-corrected chi connectivity index (χ0v) is 20.9. The van der Waals surface area contributed by atoms with Crippen LogP contribution in [0, 0.1) is 31.1 Å². The molecule has 0 N–H and O–H groups in total. The van der Waals surface area contributed by atoms with Crippen molar-refractivity contribution in [3.63, 3.8) is 0 Å². The summed E-state index contributed by atoms with van der Waals surface area (Å²) in [6.45, 7) is 8.95. The van der Waals surface area contributed by atoms with Gasteiger partial charge >= 0.3 is 0 Å². The number of Topliss-reactive ketones (excluding diaryl/α,β-unsaturated/α-hetero) is 1. The van der Waals surface area contributed by atoms with Crippen LogP contribution in [0.3, 0.4) is 0 Å². The number of aryl methyl sites for hydroxylation is 1. The summed E-state index contributed by atoms with van der Waals surface area (Å²) in [6.07, 6.45) is 4.81. The van der Waals surface area contributed by atoms with Crippen LogP contribution >= 0.6 is 11.6 Å². The fourth-order valence-electron chi connectivity index (χ4n) is 4.66. The van der Waals surface area contributed by atoms with Crippen molar-refractivity contribution in [1.82, 2.24) is 14.8 Å². The van der Waals surface area contributed by atoms with E-state index < -0.39 is 0 Å². The van der Waals surface area contributed by atoms with Gasteiger partial charge in [0, 0.05) is 56.8 Å². The Balaban J connectivity index is 1.46. The van der Waals surface area contributed by atoms with Gasteiger partial charge in [-0.3, -0.25) is 19.5 Å². The standard InChI is InChI=1S/C27H31ClN4O2/c1-17-15-31(6-7-32(17)27(34)10-20-4-5-20)16-24-9-21(13-29)8-22(18(24)2)12-26(33)23-11-25(28)19(3)30-14-23/h8-9,11,14,17,20H,4-7,10,12,15-16H2,1-3H3/t17-/m0/s1. The Morgan fingerprint density at radius 2 is 1.91 bits per heavy atom. The summed E-state index contributed by atoms with van der Waals surface area (Å²) in [5, 5.41) is 10.1. The first kappa shape index (κ1) is 24.4. The SMILES string of the molecule is Cc1ncc(C(=O)Cc2cc(C#N)cc(CN3CCN(C(=O)CC4CC4)[C@@H](C)C3)c2C)cc1Cl. The first-order chi connectivity index (χ1) is 16.2. The van der Waals surface area contributed by atoms with E-state index in [-0.39, 0.29) is 24.2 Å². The molecule has 1 aromatic carbocycles. The fraction of sp³-hybridized carbons (Fsp3) is 0.481. The summed E-state index contributed by atoms with van der Waals surface area (Å²) >= 11 is 6.15. The molecule has 34 heavy (non-hydrogen) atoms. The Bertz CT molecular complexity index is 1150. The highest BCUT2D eigenvalue weighted by Crippen LogP contribution is 2.33. The largest absolute Gasteiger partial charge is 0.337 e. The zero-order chi connectivity index (χ0) is 24.4. The van der Waals surface area contributed by atoms with Gasteiger partial charge in [-0.25, -0.2) is 0 Å². The molecule has 1 saturated heterocycles. The third-order valence-electron chi connectivity index (χ3n) is 7.04. The Morgan fingerprint density at radius 3 is 2.56 bits per heavy atom. The molecule has 2 aromatic rings. The minimum atomic E-state index is -0.0741. The van der Waals surface area contributed by atoms with E-state index in [2.05, 4.69) is 22.9 Å². The lowest BCUT2D eigenvalue weighted by atomic mass is 9.93. The van der Waals surface area contributed by atoms with E-state index in [0.29, 0.717) is 40.7 Å². The van der Waals surface area contributed by atoms with Crippen LogP contribution in [0.1, 0.15) is 64.5 Å². The Labute approximate surface area is 206 Å². The predicted octanol–water partition coefficient (Wildman–Crippen LogP) is 4.48. The van der Waals surface area contributed by atoms with Crippen molar-refractivity contribution in [3.8, 4) is 6.07 Å². The number of carbonyl (C=O) groups is 2. The summed E-state index contributed by atoms with van der Waals surface area (Å²) in [5.74, 6) is 0.806. The molecule has 1 aliphatic carbocycles. The van der Waals surface area contributed by atoms with Crippen LogP contribution in [0.2, 0.25) is 5.02 Å². The fourth-order valence-corrected chi connectivity index (χ4v) is 4.83. The minimum Gasteiger partial charge on any atom is -0.337 e. The number of nitrogens with zero attached hydrogens (tertiary/aromatic N) is 4. The Kier molecular flexibility index (Phi) is 7.35. The van der Waals surface area contributed by atoms with Gasteiger partial charge in [0.25, 0.3) is 0 Å². The first-order valence-electron chi connectivity index (χ1n) is 11.9. The second-order valence-electron chi connectivity index (χ2n) is 9.74. The topological polar surface area (TPSA) is 77.3 Å². The quantitative estimate of drug-likeness (QED) is 0.548. The van der Waals surface area contributed by atoms with Crippen molar-refractivity contribution >= 4 is 23.3 Å². The van der Waals surface area contributed by atoms with Gasteiger partial charge in [-0.2, -0.15) is 5.26 Å². The van der Waals surface area contributed by atoms with Crippen molar-refractivity contribution in [2.75, 3.05) is 19.6 Å². The van der Waals surface area contributed by atoms with Crippen molar-refractivity contribution in [1.29, 1.82) is 5.26 Å². The lowest BCUT2D eigenvalue weighted by Gasteiger charge is -2.40. The van der Waals surface area contributed by atoms with Crippen molar-refractivity contribution < 1.29 is 9.59 Å². The maximum Gasteiger partial charge on any atom is 0.223 e. The predicted molar refractivity (Wildman–Crippen MR) is 132 cm³/mol. The van der Waals surface area contributed by atoms with E-state index in [1.165, 1.54) is 12.8 Å². The molecule has 2 aliphatic rings. The molecule has 4 rings (SSSR count). The second kappa shape index (κ2) is 10.2. The van der Waals surface area contributed by atoms with Crippen LogP contribution in [0.4, 0.5) is 0 Å². The first-order valence-corrected chi connectivity index (χ1v) is 12.3. The number of carbonyl (C=O) groups excluding carboxylic acids is 2. The van der Waals surface area contributed by atoms with Gasteiger partial charge in [0.05, 0.1) is 22.3 Å². The van der Waals surface area contributed by atoms with E-state index in [0.717, 1.165) is 36.3 Å². The number of piperazine rings is 1. The van der Waals surface area contributed by atoms with Crippen LogP contribution in [0.5, 0.6) is 0 Å². The summed E-state index contributed by atoms with van der Waals surface area (Å²) < 4.78 is 0. The summed E-state index contributed by atoms with van der Waals surface area (Å²) in [7, 11) is 0. The maximum atomic E-state index is 12.9. The van der Waals surface area contributed by atoms with Crippen LogP contribution in [0.15, 0.2) is 24.4 Å². The number of benzene rings is 1. The van der Waals surface area contributed by atoms with E-state index in [9.17, 15) is 14.9 Å². The number of hydrogen-bond acceptors (Lipinski definition) is 5. The molecular weight excluding hydrogens is 448 g/mol. The number of aromatic nitrogens is 1. The molecule has 1 saturated carbocycles. The number of rotatable bonds is 7. The molecular formula is C27H31ClN4O2. The van der Waals surface area contributed by atoms with Gasteiger partial charge in [0.1, 0.15) is 0 Å². The van der Waals surface area contributed by atoms with E-state index in [1.807, 2.05) is 17.9 Å². The molecule has 1 amide bonds. The van der Waals surface area contributed by atoms with Gasteiger partial charge in [-0.1, -0.05) is 11.6 Å². The smallest absolute Gasteiger partial charge is 0.223 e. The molecule has 7 heteroatoms. The molecule has 0 spiro atoms. The average molecular weight is 479 g/mol. The second-order valence-corrected chi connectivity index (χ2v) is 10.1. The summed E-state index contributed by atoms with van der Waals surface area (Å²) in [5.41, 5.74) is 4.63. The van der Waals surface area contributed by atoms with Crippen molar-refractivity contribution in [3.05, 3.63) is 62.9 Å². The average Bonchev–Trinajstić information content (AvgIpc) is 3.62. The van der Waals surface area contributed by atoms with Crippen LogP contribution in [-0.2, 0) is 17.8 Å². The van der Waals surface area contributed by atoms with E-state index in [4.69, 9.17) is 11.6 Å². The zero-order valence-electron chi connectivity index (χ0n) is 20.1. The van der Waals surface area contributed by atoms with Gasteiger partial charge in [0.2, 0.25) is 5.91 Å². The van der Waals surface area contributed by atoms with Gasteiger partial charge in [0.15, 0.2) is 5.78 Å². The van der Waals surface area contributed by atoms with Gasteiger partial charge < -0.3 is 4.90 Å². The summed E-state index contributed by atoms with van der Waals surface area (Å²) in [4.78, 5) is 34.1. The van der Waals surface area contributed by atoms with Crippen molar-refractivity contribution in [2.45, 2.75) is 59.0 Å². The Hall–Kier alpha value is -2.75. The molecule has 0 radical (unpaired) electrons. The highest BCUT2D eigenvalue weighted by molar-refractivity contribution is 6.31. The van der Waals surface area contributed by atoms with E-state index in [1.54, 1.807) is 25.3 Å². The normalized spacial score (nSPS) is 18.6. The molecule has 6 nitrogen and oxygen atoms in total. The Morgan fingerprint density at radius 1 is 1.18 bits per heavy atom. The molecule has 1 aromatic heterocycles. The lowest BCUT2D eigenvalue weighted by Crippen LogP contribution is -2.53. The third kappa shape index (κ3) is 5.65. The van der Waals surface area contributed by atoms with Crippen LogP contribution in [0.25, 0.3) is 0 Å². The van der Waals surface area contributed by atoms with Crippen LogP contribution in [-0.4, -0.2) is 52.2 Å². The monoisotopic (exact) mass is 478 g/mol. The highest BCUT2D eigenvalue weighted by Gasteiger charge is 2.32. The van der Waals surface area contributed by atoms with Gasteiger partial charge in [-0.15, -0.1) is 0 Å². The number of ketones is 1. The molecule has 178 valence electrons. The molecule has 0 bridgehead atoms. The number of nitriles is 1. The molecule has 0 unspecified atom stereocenters. The van der Waals surface area contributed by atoms with Crippen LogP contribution < -0.4 is 0 Å². The van der Waals surface area contributed by atoms with Gasteiger partial charge in [-0.05, 0) is 74.4 Å². The summed E-state index contributed by atoms with van der Waals surface area (Å²) in [6, 6.07) is 7.78.